The molecule has 0 aromatic carbocycles. The predicted octanol–water partition coefficient (Wildman–Crippen LogP) is -0.310. The van der Waals surface area contributed by atoms with Crippen molar-refractivity contribution in [3.05, 3.63) is 0 Å². The van der Waals surface area contributed by atoms with Gasteiger partial charge in [-0.25, -0.2) is 4.79 Å². The van der Waals surface area contributed by atoms with E-state index in [0.29, 0.717) is 6.54 Å². The number of fused-ring (bicyclic) bond motifs is 1. The monoisotopic (exact) mass is 254 g/mol. The molecule has 1 saturated carbocycles. The van der Waals surface area contributed by atoms with E-state index in [0.717, 1.165) is 0 Å². The minimum absolute atomic E-state index is 0.00778. The number of nitrogens with zero attached hydrogens (tertiary/aromatic N) is 1. The van der Waals surface area contributed by atoms with Crippen molar-refractivity contribution in [3.63, 3.8) is 0 Å². The number of nitrogens with one attached hydrogen (secondary N) is 1. The van der Waals surface area contributed by atoms with E-state index in [9.17, 15) is 19.5 Å². The highest BCUT2D eigenvalue weighted by atomic mass is 16.4. The lowest BCUT2D eigenvalue weighted by atomic mass is 10.0. The highest BCUT2D eigenvalue weighted by Gasteiger charge is 2.69. The SMILES string of the molecule is CC(=O)NCC(=O)N1CC2C([C@H]1C(=O)O)C2(C)C. The lowest BCUT2D eigenvalue weighted by Gasteiger charge is -2.28. The van der Waals surface area contributed by atoms with Gasteiger partial charge in [-0.05, 0) is 11.3 Å². The first-order chi connectivity index (χ1) is 8.26. The Balaban J connectivity index is 2.04. The van der Waals surface area contributed by atoms with E-state index in [-0.39, 0.29) is 35.6 Å². The van der Waals surface area contributed by atoms with Crippen LogP contribution >= 0.6 is 0 Å². The fraction of sp³-hybridized carbons (Fsp3) is 0.750. The number of carbonyl (C=O) groups is 3. The maximum absolute atomic E-state index is 11.9. The fourth-order valence-electron chi connectivity index (χ4n) is 3.13. The molecule has 18 heavy (non-hydrogen) atoms. The van der Waals surface area contributed by atoms with Gasteiger partial charge in [0.1, 0.15) is 6.04 Å². The van der Waals surface area contributed by atoms with Gasteiger partial charge in [-0.15, -0.1) is 0 Å². The molecule has 2 unspecified atom stereocenters. The normalized spacial score (nSPS) is 31.7. The smallest absolute Gasteiger partial charge is 0.326 e. The molecule has 1 aliphatic heterocycles. The molecule has 0 spiro atoms. The molecule has 0 aromatic rings. The zero-order chi connectivity index (χ0) is 13.7. The molecule has 0 aromatic heterocycles. The number of piperidine rings is 1. The lowest BCUT2D eigenvalue weighted by molar-refractivity contribution is -0.150. The van der Waals surface area contributed by atoms with Crippen molar-refractivity contribution in [2.24, 2.45) is 17.3 Å². The van der Waals surface area contributed by atoms with Gasteiger partial charge in [0.15, 0.2) is 0 Å². The van der Waals surface area contributed by atoms with Gasteiger partial charge in [0.2, 0.25) is 11.8 Å². The second kappa shape index (κ2) is 3.96. The van der Waals surface area contributed by atoms with Crippen molar-refractivity contribution < 1.29 is 19.5 Å². The minimum atomic E-state index is -0.954. The highest BCUT2D eigenvalue weighted by molar-refractivity contribution is 5.88. The maximum Gasteiger partial charge on any atom is 0.326 e. The van der Waals surface area contributed by atoms with Gasteiger partial charge >= 0.3 is 5.97 Å². The number of hydrogen-bond donors (Lipinski definition) is 2. The number of carbonyl (C=O) groups excluding carboxylic acids is 2. The summed E-state index contributed by atoms with van der Waals surface area (Å²) in [5, 5.41) is 11.7. The van der Waals surface area contributed by atoms with Crippen LogP contribution < -0.4 is 5.32 Å². The quantitative estimate of drug-likeness (QED) is 0.723. The van der Waals surface area contributed by atoms with Gasteiger partial charge in [0.25, 0.3) is 0 Å². The molecular weight excluding hydrogens is 236 g/mol. The molecule has 3 atom stereocenters. The van der Waals surface area contributed by atoms with Crippen LogP contribution in [0.5, 0.6) is 0 Å². The zero-order valence-corrected chi connectivity index (χ0v) is 10.8. The number of carboxylic acids is 1. The maximum atomic E-state index is 11.9. The average Bonchev–Trinajstić information content (AvgIpc) is 2.64. The Morgan fingerprint density at radius 1 is 1.39 bits per heavy atom. The van der Waals surface area contributed by atoms with Gasteiger partial charge < -0.3 is 15.3 Å². The summed E-state index contributed by atoms with van der Waals surface area (Å²) in [6.45, 7) is 5.75. The molecule has 100 valence electrons. The summed E-state index contributed by atoms with van der Waals surface area (Å²) in [6.07, 6.45) is 0. The van der Waals surface area contributed by atoms with Crippen LogP contribution in [0.4, 0.5) is 0 Å². The average molecular weight is 254 g/mol. The lowest BCUT2D eigenvalue weighted by Crippen LogP contribution is -2.48. The Morgan fingerprint density at radius 3 is 2.50 bits per heavy atom. The minimum Gasteiger partial charge on any atom is -0.480 e. The molecule has 0 radical (unpaired) electrons. The standard InChI is InChI=1S/C12H18N2O4/c1-6(15)13-4-8(16)14-5-7-9(12(7,2)3)10(14)11(17)18/h7,9-10H,4-5H2,1-3H3,(H,13,15)(H,17,18)/t7?,9?,10-/m0/s1. The Labute approximate surface area is 105 Å². The molecule has 1 saturated heterocycles. The second-order valence-electron chi connectivity index (χ2n) is 5.69. The molecule has 6 heteroatoms. The van der Waals surface area contributed by atoms with Gasteiger partial charge in [0, 0.05) is 19.4 Å². The van der Waals surface area contributed by atoms with Gasteiger partial charge in [0.05, 0.1) is 6.54 Å². The third kappa shape index (κ3) is 1.85. The summed E-state index contributed by atoms with van der Waals surface area (Å²) in [7, 11) is 0. The topological polar surface area (TPSA) is 86.7 Å². The van der Waals surface area contributed by atoms with E-state index in [2.05, 4.69) is 5.32 Å². The van der Waals surface area contributed by atoms with Crippen LogP contribution in [-0.2, 0) is 14.4 Å². The predicted molar refractivity (Wildman–Crippen MR) is 62.6 cm³/mol. The molecule has 0 bridgehead atoms. The van der Waals surface area contributed by atoms with Crippen molar-refractivity contribution in [3.8, 4) is 0 Å². The van der Waals surface area contributed by atoms with E-state index >= 15 is 0 Å². The molecule has 2 N–H and O–H groups in total. The van der Waals surface area contributed by atoms with Crippen LogP contribution in [0.1, 0.15) is 20.8 Å². The number of carboxylic acid groups (broad SMARTS) is 1. The summed E-state index contributed by atoms with van der Waals surface area (Å²) in [5.41, 5.74) is 0.00778. The number of hydrogen-bond acceptors (Lipinski definition) is 3. The first-order valence-electron chi connectivity index (χ1n) is 6.03. The first kappa shape index (κ1) is 12.9. The largest absolute Gasteiger partial charge is 0.480 e. The molecule has 2 aliphatic rings. The number of rotatable bonds is 3. The Morgan fingerprint density at radius 2 is 2.00 bits per heavy atom. The van der Waals surface area contributed by atoms with Crippen molar-refractivity contribution in [2.45, 2.75) is 26.8 Å². The zero-order valence-electron chi connectivity index (χ0n) is 10.8. The Kier molecular flexibility index (Phi) is 2.83. The molecule has 2 amide bonds. The van der Waals surface area contributed by atoms with Crippen LogP contribution in [0.15, 0.2) is 0 Å². The summed E-state index contributed by atoms with van der Waals surface area (Å²) < 4.78 is 0. The first-order valence-corrected chi connectivity index (χ1v) is 6.03. The van der Waals surface area contributed by atoms with Crippen LogP contribution in [0.3, 0.4) is 0 Å². The van der Waals surface area contributed by atoms with E-state index in [1.54, 1.807) is 0 Å². The van der Waals surface area contributed by atoms with Crippen molar-refractivity contribution >= 4 is 17.8 Å². The number of amides is 2. The molecule has 2 fully saturated rings. The van der Waals surface area contributed by atoms with Gasteiger partial charge in [-0.1, -0.05) is 13.8 Å². The van der Waals surface area contributed by atoms with E-state index in [4.69, 9.17) is 0 Å². The number of aliphatic carboxylic acids is 1. The molecule has 2 rings (SSSR count). The molecule has 6 nitrogen and oxygen atoms in total. The van der Waals surface area contributed by atoms with Crippen molar-refractivity contribution in [1.29, 1.82) is 0 Å². The van der Waals surface area contributed by atoms with Gasteiger partial charge in [-0.3, -0.25) is 9.59 Å². The van der Waals surface area contributed by atoms with Crippen LogP contribution in [0.25, 0.3) is 0 Å². The van der Waals surface area contributed by atoms with E-state index < -0.39 is 12.0 Å². The molecular formula is C12H18N2O4. The Hall–Kier alpha value is -1.59. The third-order valence-electron chi connectivity index (χ3n) is 4.27. The van der Waals surface area contributed by atoms with Crippen molar-refractivity contribution in [2.75, 3.05) is 13.1 Å². The summed E-state index contributed by atoms with van der Waals surface area (Å²) in [6, 6.07) is -0.744. The highest BCUT2D eigenvalue weighted by Crippen LogP contribution is 2.64. The van der Waals surface area contributed by atoms with Gasteiger partial charge in [-0.2, -0.15) is 0 Å². The summed E-state index contributed by atoms with van der Waals surface area (Å²) in [4.78, 5) is 35.3. The number of likely N-dealkylation sites (tertiary alicyclic amines) is 1. The van der Waals surface area contributed by atoms with E-state index in [1.807, 2.05) is 13.8 Å². The summed E-state index contributed by atoms with van der Waals surface area (Å²) in [5.74, 6) is -1.26. The second-order valence-corrected chi connectivity index (χ2v) is 5.69. The van der Waals surface area contributed by atoms with E-state index in [1.165, 1.54) is 11.8 Å². The fourth-order valence-corrected chi connectivity index (χ4v) is 3.13. The van der Waals surface area contributed by atoms with Crippen LogP contribution in [0.2, 0.25) is 0 Å². The van der Waals surface area contributed by atoms with Crippen LogP contribution in [-0.4, -0.2) is 46.9 Å². The molecule has 1 heterocycles. The van der Waals surface area contributed by atoms with Crippen molar-refractivity contribution in [1.82, 2.24) is 10.2 Å². The third-order valence-corrected chi connectivity index (χ3v) is 4.27. The summed E-state index contributed by atoms with van der Waals surface area (Å²) >= 11 is 0. The van der Waals surface area contributed by atoms with Crippen LogP contribution in [0, 0.1) is 17.3 Å². The Bertz CT molecular complexity index is 418. The molecule has 1 aliphatic carbocycles.